The highest BCUT2D eigenvalue weighted by Gasteiger charge is 2.14. The number of carbonyl (C=O) groups excluding carboxylic acids is 1. The van der Waals surface area contributed by atoms with Gasteiger partial charge in [-0.15, -0.1) is 0 Å². The van der Waals surface area contributed by atoms with Crippen molar-refractivity contribution in [2.24, 2.45) is 5.84 Å². The third-order valence-electron chi connectivity index (χ3n) is 3.65. The fourth-order valence-electron chi connectivity index (χ4n) is 2.48. The lowest BCUT2D eigenvalue weighted by molar-refractivity contribution is 0.0924. The summed E-state index contributed by atoms with van der Waals surface area (Å²) >= 11 is 0. The molecule has 1 amide bonds. The molecule has 108 valence electrons. The van der Waals surface area contributed by atoms with Gasteiger partial charge in [0.25, 0.3) is 0 Å². The van der Waals surface area contributed by atoms with Crippen LogP contribution in [-0.2, 0) is 6.54 Å². The fourth-order valence-corrected chi connectivity index (χ4v) is 2.48. The molecule has 21 heavy (non-hydrogen) atoms. The van der Waals surface area contributed by atoms with Crippen LogP contribution in [0.2, 0.25) is 0 Å². The van der Waals surface area contributed by atoms with Gasteiger partial charge in [-0.05, 0) is 43.0 Å². The minimum Gasteiger partial charge on any atom is -0.456 e. The second kappa shape index (κ2) is 5.10. The maximum absolute atomic E-state index is 11.5. The van der Waals surface area contributed by atoms with Crippen molar-refractivity contribution in [3.05, 3.63) is 59.2 Å². The number of aryl methyl sites for hydroxylation is 2. The normalized spacial score (nSPS) is 11.0. The minimum atomic E-state index is -0.419. The van der Waals surface area contributed by atoms with E-state index in [1.54, 1.807) is 6.07 Å². The summed E-state index contributed by atoms with van der Waals surface area (Å²) in [6.45, 7) is 4.57. The quantitative estimate of drug-likeness (QED) is 0.440. The molecule has 3 N–H and O–H groups in total. The van der Waals surface area contributed by atoms with E-state index in [2.05, 4.69) is 41.2 Å². The summed E-state index contributed by atoms with van der Waals surface area (Å²) in [6, 6.07) is 10.2. The molecular formula is C16H17N3O2. The highest BCUT2D eigenvalue weighted by atomic mass is 16.4. The van der Waals surface area contributed by atoms with Gasteiger partial charge in [-0.3, -0.25) is 10.2 Å². The van der Waals surface area contributed by atoms with Crippen molar-refractivity contribution in [3.8, 4) is 0 Å². The van der Waals surface area contributed by atoms with Gasteiger partial charge in [-0.25, -0.2) is 5.84 Å². The van der Waals surface area contributed by atoms with Gasteiger partial charge in [0.1, 0.15) is 5.76 Å². The molecule has 5 heteroatoms. The van der Waals surface area contributed by atoms with Crippen LogP contribution >= 0.6 is 0 Å². The van der Waals surface area contributed by atoms with E-state index >= 15 is 0 Å². The van der Waals surface area contributed by atoms with Crippen LogP contribution < -0.4 is 11.3 Å². The minimum absolute atomic E-state index is 0.234. The zero-order chi connectivity index (χ0) is 15.0. The molecule has 0 fully saturated rings. The predicted molar refractivity (Wildman–Crippen MR) is 80.9 cm³/mol. The van der Waals surface area contributed by atoms with Gasteiger partial charge in [-0.2, -0.15) is 0 Å². The number of furan rings is 1. The van der Waals surface area contributed by atoms with E-state index in [1.165, 1.54) is 16.5 Å². The van der Waals surface area contributed by atoms with Crippen LogP contribution in [-0.4, -0.2) is 10.5 Å². The van der Waals surface area contributed by atoms with E-state index in [0.29, 0.717) is 6.54 Å². The van der Waals surface area contributed by atoms with Gasteiger partial charge in [-0.1, -0.05) is 12.1 Å². The van der Waals surface area contributed by atoms with Gasteiger partial charge in [0, 0.05) is 17.3 Å². The van der Waals surface area contributed by atoms with Crippen molar-refractivity contribution < 1.29 is 9.21 Å². The molecule has 0 saturated carbocycles. The summed E-state index contributed by atoms with van der Waals surface area (Å²) < 4.78 is 7.59. The largest absolute Gasteiger partial charge is 0.456 e. The van der Waals surface area contributed by atoms with Gasteiger partial charge < -0.3 is 8.98 Å². The first-order valence-corrected chi connectivity index (χ1v) is 6.74. The van der Waals surface area contributed by atoms with Crippen molar-refractivity contribution >= 4 is 16.8 Å². The summed E-state index contributed by atoms with van der Waals surface area (Å²) in [7, 11) is 0. The number of amides is 1. The van der Waals surface area contributed by atoms with E-state index in [4.69, 9.17) is 10.3 Å². The molecule has 2 heterocycles. The lowest BCUT2D eigenvalue weighted by atomic mass is 10.2. The van der Waals surface area contributed by atoms with Gasteiger partial charge in [0.2, 0.25) is 0 Å². The Morgan fingerprint density at radius 3 is 2.86 bits per heavy atom. The predicted octanol–water partition coefficient (Wildman–Crippen LogP) is 2.50. The molecule has 3 rings (SSSR count). The van der Waals surface area contributed by atoms with Crippen LogP contribution in [0, 0.1) is 13.8 Å². The Morgan fingerprint density at radius 1 is 1.29 bits per heavy atom. The van der Waals surface area contributed by atoms with Crippen LogP contribution in [0.3, 0.4) is 0 Å². The van der Waals surface area contributed by atoms with E-state index < -0.39 is 5.91 Å². The number of rotatable bonds is 3. The highest BCUT2D eigenvalue weighted by Crippen LogP contribution is 2.21. The van der Waals surface area contributed by atoms with E-state index in [1.807, 2.05) is 13.1 Å². The first-order valence-electron chi connectivity index (χ1n) is 6.74. The standard InChI is InChI=1S/C16H17N3O2/c1-10-3-4-12-5-6-19(14(12)7-10)9-13-8-15(16(20)18-17)21-11(13)2/h3-8H,9,17H2,1-2H3,(H,18,20). The molecular weight excluding hydrogens is 266 g/mol. The van der Waals surface area contributed by atoms with Crippen molar-refractivity contribution in [2.45, 2.75) is 20.4 Å². The Kier molecular flexibility index (Phi) is 3.27. The van der Waals surface area contributed by atoms with E-state index in [-0.39, 0.29) is 5.76 Å². The molecule has 0 aliphatic rings. The number of carbonyl (C=O) groups is 1. The molecule has 1 aromatic carbocycles. The molecule has 0 bridgehead atoms. The SMILES string of the molecule is Cc1ccc2ccn(Cc3cc(C(=O)NN)oc3C)c2c1. The number of benzene rings is 1. The first kappa shape index (κ1) is 13.5. The Labute approximate surface area is 122 Å². The average molecular weight is 283 g/mol. The Hall–Kier alpha value is -2.53. The van der Waals surface area contributed by atoms with Crippen LogP contribution in [0.5, 0.6) is 0 Å². The molecule has 0 spiro atoms. The molecule has 0 radical (unpaired) electrons. The number of hydrazine groups is 1. The second-order valence-corrected chi connectivity index (χ2v) is 5.17. The molecule has 0 aliphatic carbocycles. The van der Waals surface area contributed by atoms with E-state index in [0.717, 1.165) is 11.3 Å². The molecule has 0 atom stereocenters. The first-order chi connectivity index (χ1) is 10.1. The molecule has 3 aromatic rings. The summed E-state index contributed by atoms with van der Waals surface area (Å²) in [6.07, 6.45) is 2.04. The average Bonchev–Trinajstić information content (AvgIpc) is 3.03. The van der Waals surface area contributed by atoms with Crippen LogP contribution in [0.25, 0.3) is 10.9 Å². The lowest BCUT2D eigenvalue weighted by Crippen LogP contribution is -2.29. The number of hydrogen-bond donors (Lipinski definition) is 2. The number of fused-ring (bicyclic) bond motifs is 1. The highest BCUT2D eigenvalue weighted by molar-refractivity contribution is 5.91. The van der Waals surface area contributed by atoms with Crippen molar-refractivity contribution in [1.29, 1.82) is 0 Å². The molecule has 0 aliphatic heterocycles. The summed E-state index contributed by atoms with van der Waals surface area (Å²) in [4.78, 5) is 11.5. The van der Waals surface area contributed by atoms with Gasteiger partial charge in [0.05, 0.1) is 6.54 Å². The molecule has 0 unspecified atom stereocenters. The Bertz CT molecular complexity index is 814. The van der Waals surface area contributed by atoms with Crippen molar-refractivity contribution in [1.82, 2.24) is 9.99 Å². The number of nitrogens with zero attached hydrogens (tertiary/aromatic N) is 1. The second-order valence-electron chi connectivity index (χ2n) is 5.17. The molecule has 0 saturated heterocycles. The monoisotopic (exact) mass is 283 g/mol. The topological polar surface area (TPSA) is 73.2 Å². The number of nitrogens with one attached hydrogen (secondary N) is 1. The number of nitrogens with two attached hydrogens (primary N) is 1. The third-order valence-corrected chi connectivity index (χ3v) is 3.65. The summed E-state index contributed by atoms with van der Waals surface area (Å²) in [5, 5.41) is 1.20. The third kappa shape index (κ3) is 2.43. The fraction of sp³-hybridized carbons (Fsp3) is 0.188. The number of nitrogen functional groups attached to an aromatic ring is 1. The molecule has 5 nitrogen and oxygen atoms in total. The van der Waals surface area contributed by atoms with Crippen LogP contribution in [0.4, 0.5) is 0 Å². The Balaban J connectivity index is 1.97. The lowest BCUT2D eigenvalue weighted by Gasteiger charge is -2.05. The summed E-state index contributed by atoms with van der Waals surface area (Å²) in [5.74, 6) is 5.67. The maximum Gasteiger partial charge on any atom is 0.300 e. The maximum atomic E-state index is 11.5. The zero-order valence-electron chi connectivity index (χ0n) is 12.0. The zero-order valence-corrected chi connectivity index (χ0v) is 12.0. The van der Waals surface area contributed by atoms with Gasteiger partial charge >= 0.3 is 5.91 Å². The number of hydrogen-bond acceptors (Lipinski definition) is 3. The van der Waals surface area contributed by atoms with Crippen LogP contribution in [0.1, 0.15) is 27.4 Å². The van der Waals surface area contributed by atoms with E-state index in [9.17, 15) is 4.79 Å². The van der Waals surface area contributed by atoms with Crippen molar-refractivity contribution in [2.75, 3.05) is 0 Å². The Morgan fingerprint density at radius 2 is 2.10 bits per heavy atom. The van der Waals surface area contributed by atoms with Crippen LogP contribution in [0.15, 0.2) is 40.9 Å². The number of aromatic nitrogens is 1. The van der Waals surface area contributed by atoms with Crippen molar-refractivity contribution in [3.63, 3.8) is 0 Å². The molecule has 2 aromatic heterocycles. The summed E-state index contributed by atoms with van der Waals surface area (Å²) in [5.41, 5.74) is 5.43. The van der Waals surface area contributed by atoms with Gasteiger partial charge in [0.15, 0.2) is 5.76 Å². The smallest absolute Gasteiger partial charge is 0.300 e.